The van der Waals surface area contributed by atoms with Gasteiger partial charge in [-0.05, 0) is 25.0 Å². The Balaban J connectivity index is 1.78. The molecule has 0 saturated carbocycles. The quantitative estimate of drug-likeness (QED) is 0.947. The molecule has 2 heterocycles. The maximum atomic E-state index is 12.6. The molecule has 1 aliphatic heterocycles. The van der Waals surface area contributed by atoms with E-state index in [2.05, 4.69) is 27.5 Å². The van der Waals surface area contributed by atoms with Crippen molar-refractivity contribution in [2.75, 3.05) is 23.8 Å². The number of para-hydroxylation sites is 1. The van der Waals surface area contributed by atoms with E-state index in [4.69, 9.17) is 4.52 Å². The third kappa shape index (κ3) is 2.58. The summed E-state index contributed by atoms with van der Waals surface area (Å²) in [5, 5.41) is 6.95. The molecule has 1 aliphatic rings. The molecule has 0 fully saturated rings. The van der Waals surface area contributed by atoms with Gasteiger partial charge in [0, 0.05) is 25.7 Å². The van der Waals surface area contributed by atoms with Crippen molar-refractivity contribution in [1.29, 1.82) is 0 Å². The smallest absolute Gasteiger partial charge is 0.229 e. The first-order valence-corrected chi connectivity index (χ1v) is 7.65. The molecule has 5 nitrogen and oxygen atoms in total. The second-order valence-corrected chi connectivity index (χ2v) is 5.82. The van der Waals surface area contributed by atoms with Crippen molar-refractivity contribution in [3.8, 4) is 0 Å². The number of carbonyl (C=O) groups is 1. The van der Waals surface area contributed by atoms with Crippen LogP contribution in [0.5, 0.6) is 0 Å². The lowest BCUT2D eigenvalue weighted by Crippen LogP contribution is -2.39. The SMILES string of the molecule is CCc1onc(C)c1NC(=O)C1Cc2ccccc2N(C)C1. The average Bonchev–Trinajstić information content (AvgIpc) is 2.87. The number of aromatic nitrogens is 1. The van der Waals surface area contributed by atoms with Crippen molar-refractivity contribution in [2.45, 2.75) is 26.7 Å². The van der Waals surface area contributed by atoms with E-state index >= 15 is 0 Å². The molecule has 1 atom stereocenters. The number of fused-ring (bicyclic) bond motifs is 1. The molecule has 0 radical (unpaired) electrons. The van der Waals surface area contributed by atoms with Gasteiger partial charge in [0.2, 0.25) is 5.91 Å². The van der Waals surface area contributed by atoms with Gasteiger partial charge < -0.3 is 14.7 Å². The summed E-state index contributed by atoms with van der Waals surface area (Å²) in [5.41, 5.74) is 3.89. The highest BCUT2D eigenvalue weighted by molar-refractivity contribution is 5.94. The number of amides is 1. The maximum absolute atomic E-state index is 12.6. The van der Waals surface area contributed by atoms with Crippen LogP contribution in [0.1, 0.15) is 23.9 Å². The summed E-state index contributed by atoms with van der Waals surface area (Å²) >= 11 is 0. The zero-order chi connectivity index (χ0) is 15.7. The predicted octanol–water partition coefficient (Wildman–Crippen LogP) is 2.79. The van der Waals surface area contributed by atoms with Gasteiger partial charge in [-0.2, -0.15) is 0 Å². The van der Waals surface area contributed by atoms with Crippen LogP contribution in [-0.2, 0) is 17.6 Å². The Morgan fingerprint density at radius 2 is 2.23 bits per heavy atom. The van der Waals surface area contributed by atoms with Gasteiger partial charge in [0.25, 0.3) is 0 Å². The minimum Gasteiger partial charge on any atom is -0.374 e. The molecule has 3 rings (SSSR count). The number of hydrogen-bond acceptors (Lipinski definition) is 4. The number of benzene rings is 1. The molecule has 1 unspecified atom stereocenters. The van der Waals surface area contributed by atoms with Crippen LogP contribution < -0.4 is 10.2 Å². The molecule has 2 aromatic rings. The lowest BCUT2D eigenvalue weighted by Gasteiger charge is -2.32. The van der Waals surface area contributed by atoms with Crippen LogP contribution in [0.4, 0.5) is 11.4 Å². The van der Waals surface area contributed by atoms with Gasteiger partial charge in [-0.3, -0.25) is 4.79 Å². The number of nitrogens with one attached hydrogen (secondary N) is 1. The maximum Gasteiger partial charge on any atom is 0.229 e. The molecule has 5 heteroatoms. The fourth-order valence-corrected chi connectivity index (χ4v) is 3.03. The van der Waals surface area contributed by atoms with E-state index in [0.717, 1.165) is 23.6 Å². The molecule has 1 aromatic carbocycles. The molecular formula is C17H21N3O2. The normalized spacial score (nSPS) is 17.2. The van der Waals surface area contributed by atoms with E-state index in [9.17, 15) is 4.79 Å². The van der Waals surface area contributed by atoms with Crippen LogP contribution in [0.3, 0.4) is 0 Å². The minimum atomic E-state index is -0.0705. The molecule has 0 bridgehead atoms. The lowest BCUT2D eigenvalue weighted by molar-refractivity contribution is -0.119. The van der Waals surface area contributed by atoms with Crippen molar-refractivity contribution < 1.29 is 9.32 Å². The summed E-state index contributed by atoms with van der Waals surface area (Å²) in [5.74, 6) is 0.691. The van der Waals surface area contributed by atoms with Gasteiger partial charge in [-0.15, -0.1) is 0 Å². The predicted molar refractivity (Wildman–Crippen MR) is 86.2 cm³/mol. The Kier molecular flexibility index (Phi) is 3.88. The molecule has 1 aromatic heterocycles. The van der Waals surface area contributed by atoms with Crippen LogP contribution in [0.2, 0.25) is 0 Å². The summed E-state index contributed by atoms with van der Waals surface area (Å²) in [4.78, 5) is 14.8. The van der Waals surface area contributed by atoms with E-state index in [1.54, 1.807) is 0 Å². The Morgan fingerprint density at radius 1 is 1.45 bits per heavy atom. The van der Waals surface area contributed by atoms with Crippen LogP contribution in [0, 0.1) is 12.8 Å². The third-order valence-corrected chi connectivity index (χ3v) is 4.24. The number of anilines is 2. The second-order valence-electron chi connectivity index (χ2n) is 5.82. The topological polar surface area (TPSA) is 58.4 Å². The molecule has 22 heavy (non-hydrogen) atoms. The fraction of sp³-hybridized carbons (Fsp3) is 0.412. The van der Waals surface area contributed by atoms with Gasteiger partial charge in [-0.25, -0.2) is 0 Å². The van der Waals surface area contributed by atoms with Crippen LogP contribution >= 0.6 is 0 Å². The summed E-state index contributed by atoms with van der Waals surface area (Å²) < 4.78 is 5.24. The fourth-order valence-electron chi connectivity index (χ4n) is 3.03. The highest BCUT2D eigenvalue weighted by atomic mass is 16.5. The van der Waals surface area contributed by atoms with Crippen molar-refractivity contribution >= 4 is 17.3 Å². The highest BCUT2D eigenvalue weighted by Crippen LogP contribution is 2.29. The molecule has 116 valence electrons. The average molecular weight is 299 g/mol. The van der Waals surface area contributed by atoms with E-state index in [1.165, 1.54) is 11.3 Å². The molecule has 1 N–H and O–H groups in total. The number of rotatable bonds is 3. The summed E-state index contributed by atoms with van der Waals surface area (Å²) in [6.07, 6.45) is 1.47. The largest absolute Gasteiger partial charge is 0.374 e. The first kappa shape index (κ1) is 14.6. The Morgan fingerprint density at radius 3 is 3.00 bits per heavy atom. The van der Waals surface area contributed by atoms with Gasteiger partial charge in [-0.1, -0.05) is 30.3 Å². The van der Waals surface area contributed by atoms with Crippen LogP contribution in [0.15, 0.2) is 28.8 Å². The summed E-state index contributed by atoms with van der Waals surface area (Å²) in [6.45, 7) is 4.55. The highest BCUT2D eigenvalue weighted by Gasteiger charge is 2.28. The minimum absolute atomic E-state index is 0.0300. The molecule has 0 aliphatic carbocycles. The summed E-state index contributed by atoms with van der Waals surface area (Å²) in [6, 6.07) is 8.24. The molecular weight excluding hydrogens is 278 g/mol. The Bertz CT molecular complexity index is 693. The van der Waals surface area contributed by atoms with E-state index in [-0.39, 0.29) is 11.8 Å². The molecule has 1 amide bonds. The van der Waals surface area contributed by atoms with Crippen LogP contribution in [-0.4, -0.2) is 24.7 Å². The van der Waals surface area contributed by atoms with Crippen LogP contribution in [0.25, 0.3) is 0 Å². The van der Waals surface area contributed by atoms with Crippen molar-refractivity contribution in [3.63, 3.8) is 0 Å². The molecule has 0 spiro atoms. The Hall–Kier alpha value is -2.30. The van der Waals surface area contributed by atoms with Crippen molar-refractivity contribution in [1.82, 2.24) is 5.16 Å². The van der Waals surface area contributed by atoms with E-state index in [0.29, 0.717) is 13.0 Å². The first-order chi connectivity index (χ1) is 10.6. The van der Waals surface area contributed by atoms with Crippen molar-refractivity contribution in [3.05, 3.63) is 41.3 Å². The zero-order valence-corrected chi connectivity index (χ0v) is 13.2. The number of carbonyl (C=O) groups excluding carboxylic acids is 1. The van der Waals surface area contributed by atoms with E-state index < -0.39 is 0 Å². The second kappa shape index (κ2) is 5.83. The third-order valence-electron chi connectivity index (χ3n) is 4.24. The molecule has 0 saturated heterocycles. The first-order valence-electron chi connectivity index (χ1n) is 7.65. The lowest BCUT2D eigenvalue weighted by atomic mass is 9.92. The van der Waals surface area contributed by atoms with Gasteiger partial charge >= 0.3 is 0 Å². The summed E-state index contributed by atoms with van der Waals surface area (Å²) in [7, 11) is 2.03. The number of aryl methyl sites for hydroxylation is 2. The van der Waals surface area contributed by atoms with Gasteiger partial charge in [0.1, 0.15) is 11.4 Å². The van der Waals surface area contributed by atoms with Gasteiger partial charge in [0.15, 0.2) is 5.76 Å². The Labute approximate surface area is 130 Å². The standard InChI is InChI=1S/C17H21N3O2/c1-4-15-16(11(2)19-22-15)18-17(21)13-9-12-7-5-6-8-14(12)20(3)10-13/h5-8,13H,4,9-10H2,1-3H3,(H,18,21). The zero-order valence-electron chi connectivity index (χ0n) is 13.2. The monoisotopic (exact) mass is 299 g/mol. The van der Waals surface area contributed by atoms with Gasteiger partial charge in [0.05, 0.1) is 5.92 Å². The number of nitrogens with zero attached hydrogens (tertiary/aromatic N) is 2. The number of hydrogen-bond donors (Lipinski definition) is 1. The van der Waals surface area contributed by atoms with E-state index in [1.807, 2.05) is 33.0 Å². The van der Waals surface area contributed by atoms with Crippen molar-refractivity contribution in [2.24, 2.45) is 5.92 Å².